The summed E-state index contributed by atoms with van der Waals surface area (Å²) in [5.41, 5.74) is 0. The second-order valence-corrected chi connectivity index (χ2v) is 4.22. The molecule has 0 radical (unpaired) electrons. The topological polar surface area (TPSA) is 54.7 Å². The van der Waals surface area contributed by atoms with Crippen LogP contribution < -0.4 is 5.32 Å². The normalized spacial score (nSPS) is 17.9. The summed E-state index contributed by atoms with van der Waals surface area (Å²) < 4.78 is 10.7. The molecule has 0 spiro atoms. The van der Waals surface area contributed by atoms with Crippen LogP contribution in [0.3, 0.4) is 0 Å². The Labute approximate surface area is 101 Å². The summed E-state index contributed by atoms with van der Waals surface area (Å²) in [5, 5.41) is 2.92. The van der Waals surface area contributed by atoms with Crippen LogP contribution in [0.1, 0.15) is 24.5 Å². The van der Waals surface area contributed by atoms with E-state index in [0.29, 0.717) is 26.3 Å². The van der Waals surface area contributed by atoms with Crippen LogP contribution in [0.15, 0.2) is 16.5 Å². The number of morpholine rings is 1. The number of furan rings is 1. The van der Waals surface area contributed by atoms with Crippen LogP contribution in [0.2, 0.25) is 0 Å². The molecule has 94 valence electrons. The zero-order valence-corrected chi connectivity index (χ0v) is 10.2. The van der Waals surface area contributed by atoms with Gasteiger partial charge < -0.3 is 19.4 Å². The SMILES string of the molecule is Cc1ccc(C(C)NC(=O)N2CCOCC2)o1. The lowest BCUT2D eigenvalue weighted by Crippen LogP contribution is -2.46. The smallest absolute Gasteiger partial charge is 0.318 e. The third-order valence-corrected chi connectivity index (χ3v) is 2.83. The van der Waals surface area contributed by atoms with Crippen LogP contribution in [-0.2, 0) is 4.74 Å². The fourth-order valence-electron chi connectivity index (χ4n) is 1.80. The first kappa shape index (κ1) is 12.0. The number of ether oxygens (including phenoxy) is 1. The van der Waals surface area contributed by atoms with Crippen LogP contribution in [0.5, 0.6) is 0 Å². The van der Waals surface area contributed by atoms with E-state index in [-0.39, 0.29) is 12.1 Å². The number of amides is 2. The highest BCUT2D eigenvalue weighted by molar-refractivity contribution is 5.74. The Morgan fingerprint density at radius 1 is 1.41 bits per heavy atom. The molecule has 1 aliphatic heterocycles. The second kappa shape index (κ2) is 5.23. The molecule has 0 aromatic carbocycles. The molecule has 1 unspecified atom stereocenters. The van der Waals surface area contributed by atoms with Gasteiger partial charge in [0, 0.05) is 13.1 Å². The van der Waals surface area contributed by atoms with E-state index < -0.39 is 0 Å². The lowest BCUT2D eigenvalue weighted by Gasteiger charge is -2.28. The van der Waals surface area contributed by atoms with E-state index in [4.69, 9.17) is 9.15 Å². The predicted molar refractivity (Wildman–Crippen MR) is 62.8 cm³/mol. The van der Waals surface area contributed by atoms with E-state index in [2.05, 4.69) is 5.32 Å². The van der Waals surface area contributed by atoms with Gasteiger partial charge in [-0.25, -0.2) is 4.79 Å². The van der Waals surface area contributed by atoms with Gasteiger partial charge in [-0.3, -0.25) is 0 Å². The van der Waals surface area contributed by atoms with Crippen molar-refractivity contribution in [3.05, 3.63) is 23.7 Å². The summed E-state index contributed by atoms with van der Waals surface area (Å²) in [6.07, 6.45) is 0. The Morgan fingerprint density at radius 3 is 2.71 bits per heavy atom. The molecule has 5 nitrogen and oxygen atoms in total. The summed E-state index contributed by atoms with van der Waals surface area (Å²) in [7, 11) is 0. The molecule has 1 fully saturated rings. The Bertz CT molecular complexity index is 383. The molecule has 1 aromatic heterocycles. The molecule has 0 bridgehead atoms. The summed E-state index contributed by atoms with van der Waals surface area (Å²) >= 11 is 0. The molecular weight excluding hydrogens is 220 g/mol. The Morgan fingerprint density at radius 2 is 2.12 bits per heavy atom. The fraction of sp³-hybridized carbons (Fsp3) is 0.583. The van der Waals surface area contributed by atoms with Gasteiger partial charge in [-0.05, 0) is 26.0 Å². The van der Waals surface area contributed by atoms with Gasteiger partial charge >= 0.3 is 6.03 Å². The summed E-state index contributed by atoms with van der Waals surface area (Å²) in [6.45, 7) is 6.32. The monoisotopic (exact) mass is 238 g/mol. The van der Waals surface area contributed by atoms with Crippen molar-refractivity contribution in [2.24, 2.45) is 0 Å². The third kappa shape index (κ3) is 3.00. The summed E-state index contributed by atoms with van der Waals surface area (Å²) in [6, 6.07) is 3.61. The third-order valence-electron chi connectivity index (χ3n) is 2.83. The Balaban J connectivity index is 1.89. The lowest BCUT2D eigenvalue weighted by atomic mass is 10.2. The van der Waals surface area contributed by atoms with Crippen molar-refractivity contribution in [1.82, 2.24) is 10.2 Å². The Hall–Kier alpha value is -1.49. The van der Waals surface area contributed by atoms with E-state index in [0.717, 1.165) is 11.5 Å². The number of hydrogen-bond acceptors (Lipinski definition) is 3. The van der Waals surface area contributed by atoms with Crippen LogP contribution in [0.25, 0.3) is 0 Å². The maximum absolute atomic E-state index is 11.9. The minimum absolute atomic E-state index is 0.0603. The van der Waals surface area contributed by atoms with Gasteiger partial charge in [-0.2, -0.15) is 0 Å². The number of carbonyl (C=O) groups is 1. The van der Waals surface area contributed by atoms with Crippen molar-refractivity contribution < 1.29 is 13.9 Å². The van der Waals surface area contributed by atoms with Crippen molar-refractivity contribution >= 4 is 6.03 Å². The maximum Gasteiger partial charge on any atom is 0.318 e. The zero-order chi connectivity index (χ0) is 12.3. The zero-order valence-electron chi connectivity index (χ0n) is 10.2. The van der Waals surface area contributed by atoms with Gasteiger partial charge in [-0.1, -0.05) is 0 Å². The van der Waals surface area contributed by atoms with E-state index >= 15 is 0 Å². The number of nitrogens with zero attached hydrogens (tertiary/aromatic N) is 1. The highest BCUT2D eigenvalue weighted by atomic mass is 16.5. The van der Waals surface area contributed by atoms with Crippen LogP contribution in [0, 0.1) is 6.92 Å². The molecule has 2 amide bonds. The maximum atomic E-state index is 11.9. The molecule has 1 aliphatic rings. The molecule has 2 rings (SSSR count). The van der Waals surface area contributed by atoms with Gasteiger partial charge in [0.2, 0.25) is 0 Å². The molecule has 17 heavy (non-hydrogen) atoms. The number of nitrogens with one attached hydrogen (secondary N) is 1. The number of rotatable bonds is 2. The lowest BCUT2D eigenvalue weighted by molar-refractivity contribution is 0.0524. The van der Waals surface area contributed by atoms with Gasteiger partial charge in [-0.15, -0.1) is 0 Å². The predicted octanol–water partition coefficient (Wildman–Crippen LogP) is 1.69. The first-order valence-corrected chi connectivity index (χ1v) is 5.86. The van der Waals surface area contributed by atoms with E-state index in [1.54, 1.807) is 4.90 Å². The van der Waals surface area contributed by atoms with Gasteiger partial charge in [0.25, 0.3) is 0 Å². The van der Waals surface area contributed by atoms with E-state index in [1.807, 2.05) is 26.0 Å². The Kier molecular flexibility index (Phi) is 3.68. The first-order chi connectivity index (χ1) is 8.16. The quantitative estimate of drug-likeness (QED) is 0.853. The number of aryl methyl sites for hydroxylation is 1. The number of urea groups is 1. The summed E-state index contributed by atoms with van der Waals surface area (Å²) in [5.74, 6) is 1.64. The van der Waals surface area contributed by atoms with Gasteiger partial charge in [0.05, 0.1) is 19.3 Å². The van der Waals surface area contributed by atoms with E-state index in [9.17, 15) is 4.79 Å². The molecule has 0 saturated carbocycles. The summed E-state index contributed by atoms with van der Waals surface area (Å²) in [4.78, 5) is 13.7. The molecule has 5 heteroatoms. The second-order valence-electron chi connectivity index (χ2n) is 4.22. The van der Waals surface area contributed by atoms with Crippen molar-refractivity contribution in [2.45, 2.75) is 19.9 Å². The fourth-order valence-corrected chi connectivity index (χ4v) is 1.80. The van der Waals surface area contributed by atoms with Crippen molar-refractivity contribution in [1.29, 1.82) is 0 Å². The molecule has 2 heterocycles. The standard InChI is InChI=1S/C12H18N2O3/c1-9-3-4-11(17-9)10(2)13-12(15)14-5-7-16-8-6-14/h3-4,10H,5-8H2,1-2H3,(H,13,15). The van der Waals surface area contributed by atoms with Crippen molar-refractivity contribution in [2.75, 3.05) is 26.3 Å². The minimum Gasteiger partial charge on any atom is -0.464 e. The van der Waals surface area contributed by atoms with Crippen LogP contribution >= 0.6 is 0 Å². The first-order valence-electron chi connectivity index (χ1n) is 5.86. The van der Waals surface area contributed by atoms with Gasteiger partial charge in [0.1, 0.15) is 11.5 Å². The molecule has 0 aliphatic carbocycles. The number of carbonyl (C=O) groups excluding carboxylic acids is 1. The molecule has 1 N–H and O–H groups in total. The van der Waals surface area contributed by atoms with Crippen LogP contribution in [0.4, 0.5) is 4.79 Å². The average molecular weight is 238 g/mol. The highest BCUT2D eigenvalue weighted by Crippen LogP contribution is 2.15. The molecule has 1 saturated heterocycles. The minimum atomic E-state index is -0.112. The largest absolute Gasteiger partial charge is 0.464 e. The van der Waals surface area contributed by atoms with Crippen LogP contribution in [-0.4, -0.2) is 37.2 Å². The number of hydrogen-bond donors (Lipinski definition) is 1. The van der Waals surface area contributed by atoms with Gasteiger partial charge in [0.15, 0.2) is 0 Å². The molecule has 1 atom stereocenters. The molecular formula is C12H18N2O3. The van der Waals surface area contributed by atoms with Crippen molar-refractivity contribution in [3.63, 3.8) is 0 Å². The van der Waals surface area contributed by atoms with E-state index in [1.165, 1.54) is 0 Å². The average Bonchev–Trinajstić information content (AvgIpc) is 2.77. The molecule has 1 aromatic rings. The highest BCUT2D eigenvalue weighted by Gasteiger charge is 2.19. The van der Waals surface area contributed by atoms with Crippen molar-refractivity contribution in [3.8, 4) is 0 Å².